The molecule has 3 aromatic rings. The van der Waals surface area contributed by atoms with E-state index in [-0.39, 0.29) is 11.5 Å². The second kappa shape index (κ2) is 7.44. The van der Waals surface area contributed by atoms with Crippen molar-refractivity contribution in [1.82, 2.24) is 4.98 Å². The van der Waals surface area contributed by atoms with Gasteiger partial charge in [-0.15, -0.1) is 0 Å². The highest BCUT2D eigenvalue weighted by molar-refractivity contribution is 6.05. The van der Waals surface area contributed by atoms with Crippen molar-refractivity contribution in [3.8, 4) is 0 Å². The van der Waals surface area contributed by atoms with Crippen molar-refractivity contribution in [1.29, 1.82) is 0 Å². The number of rotatable bonds is 3. The van der Waals surface area contributed by atoms with Crippen LogP contribution in [0.5, 0.6) is 0 Å². The summed E-state index contributed by atoms with van der Waals surface area (Å²) >= 11 is 0. The van der Waals surface area contributed by atoms with Crippen LogP contribution < -0.4 is 15.8 Å². The molecule has 1 aromatic carbocycles. The van der Waals surface area contributed by atoms with Crippen LogP contribution in [0.3, 0.4) is 0 Å². The lowest BCUT2D eigenvalue weighted by atomic mass is 10.1. The Hall–Kier alpha value is -3.19. The summed E-state index contributed by atoms with van der Waals surface area (Å²) in [6.45, 7) is 6.66. The van der Waals surface area contributed by atoms with E-state index in [2.05, 4.69) is 15.2 Å². The zero-order valence-electron chi connectivity index (χ0n) is 15.8. The van der Waals surface area contributed by atoms with E-state index in [0.29, 0.717) is 30.0 Å². The number of nitrogens with one attached hydrogen (secondary N) is 1. The minimum Gasteiger partial charge on any atom is -0.423 e. The number of hydrogen-bond donors (Lipinski definition) is 1. The zero-order chi connectivity index (χ0) is 19.7. The molecular formula is C21H21N3O4. The van der Waals surface area contributed by atoms with Crippen molar-refractivity contribution in [2.24, 2.45) is 0 Å². The molecule has 0 atom stereocenters. The molecule has 4 rings (SSSR count). The van der Waals surface area contributed by atoms with Crippen LogP contribution in [0, 0.1) is 13.8 Å². The average Bonchev–Trinajstić information content (AvgIpc) is 2.70. The molecule has 1 amide bonds. The monoisotopic (exact) mass is 379 g/mol. The van der Waals surface area contributed by atoms with Crippen LogP contribution in [-0.2, 0) is 4.74 Å². The average molecular weight is 379 g/mol. The van der Waals surface area contributed by atoms with E-state index >= 15 is 0 Å². The number of pyridine rings is 1. The van der Waals surface area contributed by atoms with Gasteiger partial charge in [0, 0.05) is 36.4 Å². The molecule has 0 spiro atoms. The molecule has 0 saturated carbocycles. The van der Waals surface area contributed by atoms with Gasteiger partial charge in [-0.3, -0.25) is 4.79 Å². The highest BCUT2D eigenvalue weighted by Crippen LogP contribution is 2.25. The lowest BCUT2D eigenvalue weighted by Gasteiger charge is -2.27. The first kappa shape index (κ1) is 18.2. The standard InChI is InChI=1S/C21H21N3O4/c1-13-10-20(25)28-18-9-14(2)17(11-16(13)18)23-21(26)15-3-4-19(22-12-15)24-5-7-27-8-6-24/h3-4,9-12H,5-8H2,1-2H3,(H,23,26). The Bertz CT molecular complexity index is 1080. The fourth-order valence-corrected chi connectivity index (χ4v) is 3.30. The number of anilines is 2. The molecule has 7 heteroatoms. The summed E-state index contributed by atoms with van der Waals surface area (Å²) in [7, 11) is 0. The third-order valence-corrected chi connectivity index (χ3v) is 4.89. The molecule has 3 heterocycles. The van der Waals surface area contributed by atoms with E-state index in [1.807, 2.05) is 26.0 Å². The molecular weight excluding hydrogens is 358 g/mol. The summed E-state index contributed by atoms with van der Waals surface area (Å²) in [5, 5.41) is 3.72. The third-order valence-electron chi connectivity index (χ3n) is 4.89. The number of benzene rings is 1. The van der Waals surface area contributed by atoms with Crippen LogP contribution in [0.4, 0.5) is 11.5 Å². The topological polar surface area (TPSA) is 84.7 Å². The number of carbonyl (C=O) groups is 1. The molecule has 0 bridgehead atoms. The van der Waals surface area contributed by atoms with Crippen molar-refractivity contribution < 1.29 is 13.9 Å². The number of hydrogen-bond acceptors (Lipinski definition) is 6. The molecule has 0 unspecified atom stereocenters. The smallest absolute Gasteiger partial charge is 0.336 e. The Balaban J connectivity index is 1.56. The van der Waals surface area contributed by atoms with Crippen LogP contribution in [0.2, 0.25) is 0 Å². The SMILES string of the molecule is Cc1cc2oc(=O)cc(C)c2cc1NC(=O)c1ccc(N2CCOCC2)nc1. The Morgan fingerprint density at radius 2 is 1.89 bits per heavy atom. The second-order valence-corrected chi connectivity index (χ2v) is 6.87. The first-order valence-corrected chi connectivity index (χ1v) is 9.16. The maximum atomic E-state index is 12.7. The molecule has 1 N–H and O–H groups in total. The van der Waals surface area contributed by atoms with E-state index in [1.165, 1.54) is 6.07 Å². The number of amides is 1. The number of morpholine rings is 1. The van der Waals surface area contributed by atoms with Crippen LogP contribution in [0.15, 0.2) is 45.7 Å². The predicted octanol–water partition coefficient (Wildman–Crippen LogP) is 2.89. The largest absolute Gasteiger partial charge is 0.423 e. The van der Waals surface area contributed by atoms with Crippen molar-refractivity contribution in [2.75, 3.05) is 36.5 Å². The Morgan fingerprint density at radius 3 is 2.61 bits per heavy atom. The van der Waals surface area contributed by atoms with Gasteiger partial charge in [-0.1, -0.05) is 0 Å². The third kappa shape index (κ3) is 3.61. The molecule has 2 aromatic heterocycles. The fourth-order valence-electron chi connectivity index (χ4n) is 3.30. The zero-order valence-corrected chi connectivity index (χ0v) is 15.8. The lowest BCUT2D eigenvalue weighted by molar-refractivity contribution is 0.102. The van der Waals surface area contributed by atoms with E-state index < -0.39 is 0 Å². The lowest BCUT2D eigenvalue weighted by Crippen LogP contribution is -2.36. The van der Waals surface area contributed by atoms with E-state index in [9.17, 15) is 9.59 Å². The summed E-state index contributed by atoms with van der Waals surface area (Å²) in [6, 6.07) is 8.66. The minimum absolute atomic E-state index is 0.237. The molecule has 7 nitrogen and oxygen atoms in total. The van der Waals surface area contributed by atoms with Gasteiger partial charge in [-0.25, -0.2) is 9.78 Å². The number of nitrogens with zero attached hydrogens (tertiary/aromatic N) is 2. The van der Waals surface area contributed by atoms with E-state index in [1.54, 1.807) is 18.3 Å². The molecule has 1 aliphatic rings. The maximum Gasteiger partial charge on any atom is 0.336 e. The van der Waals surface area contributed by atoms with Gasteiger partial charge in [0.05, 0.1) is 18.8 Å². The second-order valence-electron chi connectivity index (χ2n) is 6.87. The van der Waals surface area contributed by atoms with Gasteiger partial charge in [0.25, 0.3) is 5.91 Å². The minimum atomic E-state index is -0.382. The first-order valence-electron chi connectivity index (χ1n) is 9.16. The van der Waals surface area contributed by atoms with Gasteiger partial charge in [0.15, 0.2) is 0 Å². The number of aryl methyl sites for hydroxylation is 2. The van der Waals surface area contributed by atoms with Crippen molar-refractivity contribution in [3.05, 3.63) is 63.6 Å². The van der Waals surface area contributed by atoms with Gasteiger partial charge < -0.3 is 19.4 Å². The molecule has 1 fully saturated rings. The summed E-state index contributed by atoms with van der Waals surface area (Å²) in [5.41, 5.74) is 2.90. The molecule has 28 heavy (non-hydrogen) atoms. The summed E-state index contributed by atoms with van der Waals surface area (Å²) in [6.07, 6.45) is 1.58. The van der Waals surface area contributed by atoms with Crippen molar-refractivity contribution >= 4 is 28.4 Å². The number of fused-ring (bicyclic) bond motifs is 1. The number of aromatic nitrogens is 1. The molecule has 0 radical (unpaired) electrons. The fraction of sp³-hybridized carbons (Fsp3) is 0.286. The quantitative estimate of drug-likeness (QED) is 0.705. The number of carbonyl (C=O) groups excluding carboxylic acids is 1. The highest BCUT2D eigenvalue weighted by Gasteiger charge is 2.15. The number of ether oxygens (including phenoxy) is 1. The van der Waals surface area contributed by atoms with Crippen LogP contribution in [-0.4, -0.2) is 37.2 Å². The van der Waals surface area contributed by atoms with Gasteiger partial charge >= 0.3 is 5.63 Å². The summed E-state index contributed by atoms with van der Waals surface area (Å²) in [5.74, 6) is 0.603. The van der Waals surface area contributed by atoms with Crippen LogP contribution in [0.1, 0.15) is 21.5 Å². The van der Waals surface area contributed by atoms with Gasteiger partial charge in [-0.05, 0) is 49.2 Å². The highest BCUT2D eigenvalue weighted by atomic mass is 16.5. The Kier molecular flexibility index (Phi) is 4.83. The summed E-state index contributed by atoms with van der Waals surface area (Å²) in [4.78, 5) is 30.8. The Labute approximate surface area is 161 Å². The normalized spacial score (nSPS) is 14.3. The molecule has 144 valence electrons. The first-order chi connectivity index (χ1) is 13.5. The molecule has 1 saturated heterocycles. The van der Waals surface area contributed by atoms with Gasteiger partial charge in [0.2, 0.25) is 0 Å². The predicted molar refractivity (Wildman–Crippen MR) is 107 cm³/mol. The van der Waals surface area contributed by atoms with Crippen LogP contribution >= 0.6 is 0 Å². The Morgan fingerprint density at radius 1 is 1.11 bits per heavy atom. The summed E-state index contributed by atoms with van der Waals surface area (Å²) < 4.78 is 10.6. The van der Waals surface area contributed by atoms with Gasteiger partial charge in [0.1, 0.15) is 11.4 Å². The van der Waals surface area contributed by atoms with Crippen molar-refractivity contribution in [2.45, 2.75) is 13.8 Å². The maximum absolute atomic E-state index is 12.7. The molecule has 1 aliphatic heterocycles. The van der Waals surface area contributed by atoms with E-state index in [0.717, 1.165) is 35.4 Å². The van der Waals surface area contributed by atoms with Crippen LogP contribution in [0.25, 0.3) is 11.0 Å². The van der Waals surface area contributed by atoms with Crippen molar-refractivity contribution in [3.63, 3.8) is 0 Å². The van der Waals surface area contributed by atoms with Gasteiger partial charge in [-0.2, -0.15) is 0 Å². The van der Waals surface area contributed by atoms with E-state index in [4.69, 9.17) is 9.15 Å². The molecule has 0 aliphatic carbocycles.